The van der Waals surface area contributed by atoms with E-state index in [2.05, 4.69) is 4.98 Å². The van der Waals surface area contributed by atoms with Crippen LogP contribution in [0.25, 0.3) is 11.1 Å². The highest BCUT2D eigenvalue weighted by atomic mass is 16.5. The number of benzene rings is 1. The van der Waals surface area contributed by atoms with Crippen molar-refractivity contribution in [3.63, 3.8) is 0 Å². The molecule has 0 spiro atoms. The first-order valence-electron chi connectivity index (χ1n) is 5.56. The molecule has 2 aromatic rings. The number of aliphatic hydroxyl groups is 1. The molecule has 0 aliphatic heterocycles. The summed E-state index contributed by atoms with van der Waals surface area (Å²) in [4.78, 5) is 4.16. The summed E-state index contributed by atoms with van der Waals surface area (Å²) in [5.41, 5.74) is 2.69. The molecular weight excluding hydrogens is 230 g/mol. The van der Waals surface area contributed by atoms with Crippen LogP contribution < -0.4 is 9.47 Å². The molecule has 0 atom stereocenters. The van der Waals surface area contributed by atoms with Crippen molar-refractivity contribution in [1.29, 1.82) is 0 Å². The second kappa shape index (κ2) is 5.51. The summed E-state index contributed by atoms with van der Waals surface area (Å²) in [7, 11) is 3.19. The van der Waals surface area contributed by atoms with E-state index in [0.717, 1.165) is 16.7 Å². The number of nitrogens with zero attached hydrogens (tertiary/aromatic N) is 1. The molecule has 0 amide bonds. The maximum atomic E-state index is 9.10. The molecule has 0 bridgehead atoms. The van der Waals surface area contributed by atoms with Crippen LogP contribution in [0.15, 0.2) is 36.5 Å². The molecule has 0 aliphatic rings. The highest BCUT2D eigenvalue weighted by molar-refractivity contribution is 5.70. The lowest BCUT2D eigenvalue weighted by Gasteiger charge is -2.10. The Labute approximate surface area is 106 Å². The second-order valence-electron chi connectivity index (χ2n) is 3.78. The molecule has 1 heterocycles. The fourth-order valence-electron chi connectivity index (χ4n) is 1.73. The number of hydrogen-bond acceptors (Lipinski definition) is 4. The van der Waals surface area contributed by atoms with Gasteiger partial charge < -0.3 is 14.6 Å². The first kappa shape index (κ1) is 12.4. The van der Waals surface area contributed by atoms with Gasteiger partial charge in [-0.15, -0.1) is 0 Å². The SMILES string of the molecule is COc1ccc(-c2ccc(CO)cc2OC)cn1. The molecule has 4 heteroatoms. The van der Waals surface area contributed by atoms with Crippen molar-refractivity contribution >= 4 is 0 Å². The van der Waals surface area contributed by atoms with E-state index < -0.39 is 0 Å². The van der Waals surface area contributed by atoms with E-state index in [9.17, 15) is 0 Å². The Morgan fingerprint density at radius 2 is 1.94 bits per heavy atom. The molecule has 1 aromatic carbocycles. The lowest BCUT2D eigenvalue weighted by atomic mass is 10.0. The quantitative estimate of drug-likeness (QED) is 0.897. The Balaban J connectivity index is 2.42. The van der Waals surface area contributed by atoms with Crippen molar-refractivity contribution in [1.82, 2.24) is 4.98 Å². The first-order valence-corrected chi connectivity index (χ1v) is 5.56. The standard InChI is InChI=1S/C14H15NO3/c1-17-13-7-10(9-16)3-5-12(13)11-4-6-14(18-2)15-8-11/h3-8,16H,9H2,1-2H3. The van der Waals surface area contributed by atoms with Crippen molar-refractivity contribution in [3.05, 3.63) is 42.1 Å². The third-order valence-electron chi connectivity index (χ3n) is 2.70. The third kappa shape index (κ3) is 2.43. The Morgan fingerprint density at radius 1 is 1.11 bits per heavy atom. The average molecular weight is 245 g/mol. The zero-order valence-electron chi connectivity index (χ0n) is 10.4. The molecule has 4 nitrogen and oxygen atoms in total. The first-order chi connectivity index (χ1) is 8.78. The van der Waals surface area contributed by atoms with Gasteiger partial charge >= 0.3 is 0 Å². The molecule has 2 rings (SSSR count). The van der Waals surface area contributed by atoms with Gasteiger partial charge in [0.1, 0.15) is 5.75 Å². The van der Waals surface area contributed by atoms with Gasteiger partial charge in [-0.2, -0.15) is 0 Å². The van der Waals surface area contributed by atoms with Gasteiger partial charge in [0.05, 0.1) is 20.8 Å². The van der Waals surface area contributed by atoms with E-state index in [4.69, 9.17) is 14.6 Å². The fourth-order valence-corrected chi connectivity index (χ4v) is 1.73. The fraction of sp³-hybridized carbons (Fsp3) is 0.214. The molecule has 1 N–H and O–H groups in total. The summed E-state index contributed by atoms with van der Waals surface area (Å²) in [6.45, 7) is -0.00248. The minimum Gasteiger partial charge on any atom is -0.496 e. The normalized spacial score (nSPS) is 10.2. The number of ether oxygens (including phenoxy) is 2. The summed E-state index contributed by atoms with van der Waals surface area (Å²) in [6, 6.07) is 9.31. The smallest absolute Gasteiger partial charge is 0.212 e. The van der Waals surface area contributed by atoms with Gasteiger partial charge in [-0.25, -0.2) is 4.98 Å². The molecule has 0 saturated heterocycles. The predicted octanol–water partition coefficient (Wildman–Crippen LogP) is 2.26. The van der Waals surface area contributed by atoms with Crippen molar-refractivity contribution in [2.75, 3.05) is 14.2 Å². The Bertz CT molecular complexity index is 523. The molecule has 0 fully saturated rings. The van der Waals surface area contributed by atoms with Crippen LogP contribution in [-0.4, -0.2) is 24.3 Å². The molecule has 0 saturated carbocycles. The van der Waals surface area contributed by atoms with Crippen LogP contribution >= 0.6 is 0 Å². The highest BCUT2D eigenvalue weighted by Crippen LogP contribution is 2.31. The van der Waals surface area contributed by atoms with Gasteiger partial charge in [-0.3, -0.25) is 0 Å². The second-order valence-corrected chi connectivity index (χ2v) is 3.78. The summed E-state index contributed by atoms with van der Waals surface area (Å²) in [5.74, 6) is 1.29. The number of aromatic nitrogens is 1. The molecule has 0 aliphatic carbocycles. The summed E-state index contributed by atoms with van der Waals surface area (Å²) in [5, 5.41) is 9.10. The maximum Gasteiger partial charge on any atom is 0.212 e. The minimum atomic E-state index is -0.00248. The minimum absolute atomic E-state index is 0.00248. The number of methoxy groups -OCH3 is 2. The van der Waals surface area contributed by atoms with Gasteiger partial charge in [0.2, 0.25) is 5.88 Å². The van der Waals surface area contributed by atoms with Gasteiger partial charge in [0.25, 0.3) is 0 Å². The van der Waals surface area contributed by atoms with Crippen LogP contribution in [0.5, 0.6) is 11.6 Å². The monoisotopic (exact) mass is 245 g/mol. The van der Waals surface area contributed by atoms with Gasteiger partial charge in [0, 0.05) is 23.4 Å². The summed E-state index contributed by atoms with van der Waals surface area (Å²) >= 11 is 0. The van der Waals surface area contributed by atoms with Crippen LogP contribution in [0, 0.1) is 0 Å². The van der Waals surface area contributed by atoms with Gasteiger partial charge in [-0.1, -0.05) is 12.1 Å². The molecule has 0 unspecified atom stereocenters. The van der Waals surface area contributed by atoms with Crippen molar-refractivity contribution < 1.29 is 14.6 Å². The third-order valence-corrected chi connectivity index (χ3v) is 2.70. The van der Waals surface area contributed by atoms with Gasteiger partial charge in [0.15, 0.2) is 0 Å². The van der Waals surface area contributed by atoms with Crippen LogP contribution in [-0.2, 0) is 6.61 Å². The lowest BCUT2D eigenvalue weighted by molar-refractivity contribution is 0.281. The number of hydrogen-bond donors (Lipinski definition) is 1. The molecule has 94 valence electrons. The Kier molecular flexibility index (Phi) is 3.79. The number of rotatable bonds is 4. The van der Waals surface area contributed by atoms with Crippen LogP contribution in [0.4, 0.5) is 0 Å². The molecule has 0 radical (unpaired) electrons. The summed E-state index contributed by atoms with van der Waals surface area (Å²) in [6.07, 6.45) is 1.73. The predicted molar refractivity (Wildman–Crippen MR) is 68.7 cm³/mol. The lowest BCUT2D eigenvalue weighted by Crippen LogP contribution is -1.92. The molecular formula is C14H15NO3. The molecule has 18 heavy (non-hydrogen) atoms. The van der Waals surface area contributed by atoms with Crippen molar-refractivity contribution in [2.24, 2.45) is 0 Å². The van der Waals surface area contributed by atoms with Crippen molar-refractivity contribution in [2.45, 2.75) is 6.61 Å². The van der Waals surface area contributed by atoms with E-state index in [-0.39, 0.29) is 6.61 Å². The van der Waals surface area contributed by atoms with Gasteiger partial charge in [-0.05, 0) is 17.7 Å². The van der Waals surface area contributed by atoms with E-state index in [1.165, 1.54) is 0 Å². The molecule has 1 aromatic heterocycles. The van der Waals surface area contributed by atoms with E-state index in [0.29, 0.717) is 11.6 Å². The maximum absolute atomic E-state index is 9.10. The van der Waals surface area contributed by atoms with Crippen LogP contribution in [0.2, 0.25) is 0 Å². The number of pyridine rings is 1. The zero-order chi connectivity index (χ0) is 13.0. The Morgan fingerprint density at radius 3 is 2.50 bits per heavy atom. The van der Waals surface area contributed by atoms with E-state index in [1.807, 2.05) is 24.3 Å². The van der Waals surface area contributed by atoms with Crippen LogP contribution in [0.3, 0.4) is 0 Å². The van der Waals surface area contributed by atoms with E-state index >= 15 is 0 Å². The summed E-state index contributed by atoms with van der Waals surface area (Å²) < 4.78 is 10.4. The average Bonchev–Trinajstić information content (AvgIpc) is 2.46. The number of aliphatic hydroxyl groups excluding tert-OH is 1. The largest absolute Gasteiger partial charge is 0.496 e. The van der Waals surface area contributed by atoms with Crippen LogP contribution in [0.1, 0.15) is 5.56 Å². The Hall–Kier alpha value is -2.07. The topological polar surface area (TPSA) is 51.6 Å². The zero-order valence-corrected chi connectivity index (χ0v) is 10.4. The van der Waals surface area contributed by atoms with Crippen molar-refractivity contribution in [3.8, 4) is 22.8 Å². The van der Waals surface area contributed by atoms with E-state index in [1.54, 1.807) is 26.5 Å². The highest BCUT2D eigenvalue weighted by Gasteiger charge is 2.07.